The number of methoxy groups -OCH3 is 1. The van der Waals surface area contributed by atoms with Crippen LogP contribution in [0.4, 0.5) is 4.79 Å². The Morgan fingerprint density at radius 2 is 2.33 bits per heavy atom. The van der Waals surface area contributed by atoms with Gasteiger partial charge in [-0.3, -0.25) is 0 Å². The fraction of sp³-hybridized carbons (Fsp3) is 0.625. The highest BCUT2D eigenvalue weighted by molar-refractivity contribution is 6.19. The first-order valence-electron chi connectivity index (χ1n) is 3.75. The second-order valence-corrected chi connectivity index (χ2v) is 3.11. The molecule has 1 aliphatic heterocycles. The van der Waals surface area contributed by atoms with Gasteiger partial charge in [0, 0.05) is 19.0 Å². The van der Waals surface area contributed by atoms with E-state index < -0.39 is 0 Å². The summed E-state index contributed by atoms with van der Waals surface area (Å²) in [7, 11) is 1.39. The van der Waals surface area contributed by atoms with E-state index in [4.69, 9.17) is 11.6 Å². The average molecular weight is 190 g/mol. The molecule has 0 radical (unpaired) electrons. The van der Waals surface area contributed by atoms with Crippen LogP contribution in [0, 0.1) is 0 Å². The first-order valence-corrected chi connectivity index (χ1v) is 4.29. The molecule has 0 saturated heterocycles. The van der Waals surface area contributed by atoms with E-state index in [0.717, 1.165) is 5.57 Å². The van der Waals surface area contributed by atoms with Gasteiger partial charge in [0.2, 0.25) is 0 Å². The number of carbonyl (C=O) groups is 1. The third kappa shape index (κ3) is 1.72. The standard InChI is InChI=1S/C8H12ClNO2/c1-6-4-10(8(11)12-2)5-7(6)3-9/h3-5H2,1-2H3. The van der Waals surface area contributed by atoms with Crippen LogP contribution >= 0.6 is 11.6 Å². The minimum atomic E-state index is -0.283. The maximum absolute atomic E-state index is 11.1. The van der Waals surface area contributed by atoms with Gasteiger partial charge in [0.1, 0.15) is 0 Å². The Morgan fingerprint density at radius 1 is 1.67 bits per heavy atom. The van der Waals surface area contributed by atoms with Crippen LogP contribution in [0.25, 0.3) is 0 Å². The second kappa shape index (κ2) is 3.81. The fourth-order valence-electron chi connectivity index (χ4n) is 1.23. The lowest BCUT2D eigenvalue weighted by Crippen LogP contribution is -2.29. The molecule has 0 aromatic carbocycles. The molecule has 1 aliphatic rings. The van der Waals surface area contributed by atoms with E-state index in [1.165, 1.54) is 12.7 Å². The van der Waals surface area contributed by atoms with E-state index in [1.54, 1.807) is 4.90 Å². The van der Waals surface area contributed by atoms with Gasteiger partial charge in [-0.05, 0) is 12.5 Å². The summed E-state index contributed by atoms with van der Waals surface area (Å²) in [6, 6.07) is 0. The van der Waals surface area contributed by atoms with Gasteiger partial charge in [0.25, 0.3) is 0 Å². The van der Waals surface area contributed by atoms with Crippen molar-refractivity contribution in [2.24, 2.45) is 0 Å². The number of hydrogen-bond acceptors (Lipinski definition) is 2. The molecule has 0 aromatic heterocycles. The quantitative estimate of drug-likeness (QED) is 0.464. The van der Waals surface area contributed by atoms with E-state index in [2.05, 4.69) is 4.74 Å². The van der Waals surface area contributed by atoms with Crippen molar-refractivity contribution in [3.8, 4) is 0 Å². The van der Waals surface area contributed by atoms with E-state index in [0.29, 0.717) is 19.0 Å². The Morgan fingerprint density at radius 3 is 2.75 bits per heavy atom. The molecule has 1 amide bonds. The molecule has 1 rings (SSSR count). The topological polar surface area (TPSA) is 29.5 Å². The molecule has 0 bridgehead atoms. The van der Waals surface area contributed by atoms with Crippen LogP contribution in [0.1, 0.15) is 6.92 Å². The zero-order valence-electron chi connectivity index (χ0n) is 7.26. The predicted molar refractivity (Wildman–Crippen MR) is 47.4 cm³/mol. The summed E-state index contributed by atoms with van der Waals surface area (Å²) in [5.41, 5.74) is 2.30. The molecule has 0 aromatic rings. The zero-order chi connectivity index (χ0) is 9.14. The number of alkyl halides is 1. The van der Waals surface area contributed by atoms with Crippen molar-refractivity contribution in [3.63, 3.8) is 0 Å². The van der Waals surface area contributed by atoms with Gasteiger partial charge in [0.05, 0.1) is 7.11 Å². The highest BCUT2D eigenvalue weighted by Gasteiger charge is 2.22. The normalized spacial score (nSPS) is 17.1. The summed E-state index contributed by atoms with van der Waals surface area (Å²) >= 11 is 5.68. The highest BCUT2D eigenvalue weighted by atomic mass is 35.5. The Hall–Kier alpha value is -0.700. The lowest BCUT2D eigenvalue weighted by Gasteiger charge is -2.13. The van der Waals surface area contributed by atoms with Crippen molar-refractivity contribution >= 4 is 17.7 Å². The first-order chi connectivity index (χ1) is 5.69. The molecule has 12 heavy (non-hydrogen) atoms. The van der Waals surface area contributed by atoms with E-state index in [-0.39, 0.29) is 6.09 Å². The summed E-state index contributed by atoms with van der Waals surface area (Å²) < 4.78 is 4.59. The summed E-state index contributed by atoms with van der Waals surface area (Å²) in [6.07, 6.45) is -0.283. The smallest absolute Gasteiger partial charge is 0.410 e. The molecule has 0 spiro atoms. The monoisotopic (exact) mass is 189 g/mol. The van der Waals surface area contributed by atoms with Gasteiger partial charge in [-0.25, -0.2) is 4.79 Å². The molecule has 0 aliphatic carbocycles. The van der Waals surface area contributed by atoms with Crippen molar-refractivity contribution in [2.75, 3.05) is 26.1 Å². The van der Waals surface area contributed by atoms with E-state index in [1.807, 2.05) is 6.92 Å². The number of rotatable bonds is 1. The number of ether oxygens (including phenoxy) is 1. The van der Waals surface area contributed by atoms with Crippen molar-refractivity contribution in [3.05, 3.63) is 11.1 Å². The lowest BCUT2D eigenvalue weighted by atomic mass is 10.2. The second-order valence-electron chi connectivity index (χ2n) is 2.84. The first kappa shape index (κ1) is 9.39. The van der Waals surface area contributed by atoms with Gasteiger partial charge >= 0.3 is 6.09 Å². The summed E-state index contributed by atoms with van der Waals surface area (Å²) in [5, 5.41) is 0. The van der Waals surface area contributed by atoms with Gasteiger partial charge in [-0.15, -0.1) is 11.6 Å². The summed E-state index contributed by atoms with van der Waals surface area (Å²) in [6.45, 7) is 3.25. The SMILES string of the molecule is COC(=O)N1CC(C)=C(CCl)C1. The maximum Gasteiger partial charge on any atom is 0.410 e. The molecular formula is C8H12ClNO2. The van der Waals surface area contributed by atoms with E-state index in [9.17, 15) is 4.79 Å². The molecule has 68 valence electrons. The third-order valence-electron chi connectivity index (χ3n) is 2.01. The van der Waals surface area contributed by atoms with Gasteiger partial charge in [0.15, 0.2) is 0 Å². The Kier molecular flexibility index (Phi) is 2.98. The predicted octanol–water partition coefficient (Wildman–Crippen LogP) is 1.62. The van der Waals surface area contributed by atoms with Crippen LogP contribution in [-0.4, -0.2) is 37.1 Å². The Labute approximate surface area is 76.9 Å². The van der Waals surface area contributed by atoms with Crippen LogP contribution in [0.3, 0.4) is 0 Å². The van der Waals surface area contributed by atoms with Crippen molar-refractivity contribution in [2.45, 2.75) is 6.92 Å². The van der Waals surface area contributed by atoms with E-state index >= 15 is 0 Å². The van der Waals surface area contributed by atoms with Crippen LogP contribution in [0.5, 0.6) is 0 Å². The Bertz CT molecular complexity index is 225. The molecule has 3 nitrogen and oxygen atoms in total. The molecule has 0 unspecified atom stereocenters. The molecule has 1 heterocycles. The fourth-order valence-corrected chi connectivity index (χ4v) is 1.55. The molecule has 0 fully saturated rings. The van der Waals surface area contributed by atoms with Crippen molar-refractivity contribution in [1.82, 2.24) is 4.90 Å². The molecular weight excluding hydrogens is 178 g/mol. The summed E-state index contributed by atoms with van der Waals surface area (Å²) in [4.78, 5) is 12.7. The van der Waals surface area contributed by atoms with Crippen LogP contribution < -0.4 is 0 Å². The number of nitrogens with zero attached hydrogens (tertiary/aromatic N) is 1. The molecule has 0 N–H and O–H groups in total. The van der Waals surface area contributed by atoms with Crippen molar-refractivity contribution < 1.29 is 9.53 Å². The van der Waals surface area contributed by atoms with Gasteiger partial charge in [-0.1, -0.05) is 5.57 Å². The Balaban J connectivity index is 2.56. The van der Waals surface area contributed by atoms with Crippen LogP contribution in [0.15, 0.2) is 11.1 Å². The minimum Gasteiger partial charge on any atom is -0.453 e. The minimum absolute atomic E-state index is 0.283. The van der Waals surface area contributed by atoms with Gasteiger partial charge in [-0.2, -0.15) is 0 Å². The molecule has 0 atom stereocenters. The average Bonchev–Trinajstić information content (AvgIpc) is 2.45. The maximum atomic E-state index is 11.1. The largest absolute Gasteiger partial charge is 0.453 e. The molecule has 4 heteroatoms. The number of hydrogen-bond donors (Lipinski definition) is 0. The zero-order valence-corrected chi connectivity index (χ0v) is 8.02. The number of carbonyl (C=O) groups excluding carboxylic acids is 1. The lowest BCUT2D eigenvalue weighted by molar-refractivity contribution is 0.134. The highest BCUT2D eigenvalue weighted by Crippen LogP contribution is 2.18. The summed E-state index contributed by atoms with van der Waals surface area (Å²) in [5.74, 6) is 0.499. The van der Waals surface area contributed by atoms with Crippen LogP contribution in [0.2, 0.25) is 0 Å². The molecule has 0 saturated carbocycles. The van der Waals surface area contributed by atoms with Crippen molar-refractivity contribution in [1.29, 1.82) is 0 Å². The number of amides is 1. The van der Waals surface area contributed by atoms with Gasteiger partial charge < -0.3 is 9.64 Å². The van der Waals surface area contributed by atoms with Crippen LogP contribution in [-0.2, 0) is 4.74 Å². The third-order valence-corrected chi connectivity index (χ3v) is 2.33. The number of halogens is 1.